The SMILES string of the molecule is Cc1cc(S(=O)(=O)NCCCN2CCNCC2)c(Cl)cc1F.Cl.Cl. The molecule has 1 heterocycles. The highest BCUT2D eigenvalue weighted by Crippen LogP contribution is 2.24. The van der Waals surface area contributed by atoms with Crippen LogP contribution in [0.5, 0.6) is 0 Å². The van der Waals surface area contributed by atoms with Crippen molar-refractivity contribution < 1.29 is 12.8 Å². The molecule has 1 aromatic rings. The molecule has 0 unspecified atom stereocenters. The Morgan fingerprint density at radius 3 is 2.54 bits per heavy atom. The van der Waals surface area contributed by atoms with E-state index in [2.05, 4.69) is 14.9 Å². The highest BCUT2D eigenvalue weighted by atomic mass is 35.5. The minimum atomic E-state index is -3.71. The van der Waals surface area contributed by atoms with Gasteiger partial charge in [-0.25, -0.2) is 17.5 Å². The van der Waals surface area contributed by atoms with E-state index in [4.69, 9.17) is 11.6 Å². The predicted molar refractivity (Wildman–Crippen MR) is 99.8 cm³/mol. The van der Waals surface area contributed by atoms with Crippen LogP contribution >= 0.6 is 36.4 Å². The van der Waals surface area contributed by atoms with Crippen molar-refractivity contribution in [2.24, 2.45) is 0 Å². The summed E-state index contributed by atoms with van der Waals surface area (Å²) in [5.41, 5.74) is 0.255. The molecule has 1 aliphatic rings. The van der Waals surface area contributed by atoms with Crippen molar-refractivity contribution in [1.29, 1.82) is 0 Å². The third-order valence-electron chi connectivity index (χ3n) is 3.66. The lowest BCUT2D eigenvalue weighted by atomic mass is 10.2. The number of nitrogens with one attached hydrogen (secondary N) is 2. The summed E-state index contributed by atoms with van der Waals surface area (Å²) in [5.74, 6) is -0.511. The van der Waals surface area contributed by atoms with E-state index in [1.807, 2.05) is 0 Å². The minimum Gasteiger partial charge on any atom is -0.314 e. The number of benzene rings is 1. The summed E-state index contributed by atoms with van der Waals surface area (Å²) < 4.78 is 40.3. The van der Waals surface area contributed by atoms with Crippen LogP contribution in [0.4, 0.5) is 4.39 Å². The van der Waals surface area contributed by atoms with Gasteiger partial charge in [-0.2, -0.15) is 0 Å². The lowest BCUT2D eigenvalue weighted by Crippen LogP contribution is -2.44. The predicted octanol–water partition coefficient (Wildman–Crippen LogP) is 2.20. The quantitative estimate of drug-likeness (QED) is 0.690. The maximum absolute atomic E-state index is 13.3. The molecule has 1 aliphatic heterocycles. The highest BCUT2D eigenvalue weighted by Gasteiger charge is 2.19. The smallest absolute Gasteiger partial charge is 0.242 e. The third-order valence-corrected chi connectivity index (χ3v) is 5.58. The average Bonchev–Trinajstić information content (AvgIpc) is 2.48. The van der Waals surface area contributed by atoms with Crippen molar-refractivity contribution in [2.45, 2.75) is 18.2 Å². The Kier molecular flexibility index (Phi) is 10.7. The third kappa shape index (κ3) is 6.63. The second kappa shape index (κ2) is 10.8. The lowest BCUT2D eigenvalue weighted by molar-refractivity contribution is 0.239. The highest BCUT2D eigenvalue weighted by molar-refractivity contribution is 7.89. The van der Waals surface area contributed by atoms with Crippen molar-refractivity contribution >= 4 is 46.4 Å². The van der Waals surface area contributed by atoms with Crippen molar-refractivity contribution in [2.75, 3.05) is 39.3 Å². The number of nitrogens with zero attached hydrogens (tertiary/aromatic N) is 1. The largest absolute Gasteiger partial charge is 0.314 e. The Balaban J connectivity index is 0.00000264. The van der Waals surface area contributed by atoms with Crippen LogP contribution in [-0.4, -0.2) is 52.6 Å². The van der Waals surface area contributed by atoms with Gasteiger partial charge in [-0.15, -0.1) is 24.8 Å². The van der Waals surface area contributed by atoms with Crippen LogP contribution in [0.1, 0.15) is 12.0 Å². The maximum atomic E-state index is 13.3. The van der Waals surface area contributed by atoms with Gasteiger partial charge in [0.25, 0.3) is 0 Å². The number of rotatable bonds is 6. The van der Waals surface area contributed by atoms with Gasteiger partial charge in [0.15, 0.2) is 0 Å². The van der Waals surface area contributed by atoms with Gasteiger partial charge in [-0.05, 0) is 37.6 Å². The number of hydrogen-bond acceptors (Lipinski definition) is 4. The van der Waals surface area contributed by atoms with Crippen LogP contribution in [0.15, 0.2) is 17.0 Å². The molecule has 5 nitrogen and oxygen atoms in total. The Bertz CT molecular complexity index is 626. The van der Waals surface area contributed by atoms with Gasteiger partial charge in [-0.3, -0.25) is 0 Å². The zero-order valence-electron chi connectivity index (χ0n) is 13.3. The molecule has 10 heteroatoms. The summed E-state index contributed by atoms with van der Waals surface area (Å²) in [6.45, 7) is 6.59. The molecule has 1 saturated heterocycles. The molecule has 0 spiro atoms. The van der Waals surface area contributed by atoms with E-state index in [1.54, 1.807) is 0 Å². The molecule has 0 amide bonds. The van der Waals surface area contributed by atoms with Gasteiger partial charge in [0, 0.05) is 32.7 Å². The van der Waals surface area contributed by atoms with Crippen LogP contribution in [0, 0.1) is 12.7 Å². The van der Waals surface area contributed by atoms with Gasteiger partial charge in [0.05, 0.1) is 5.02 Å². The first-order chi connectivity index (χ1) is 10.4. The molecular weight excluding hydrogens is 400 g/mol. The van der Waals surface area contributed by atoms with Crippen molar-refractivity contribution in [1.82, 2.24) is 14.9 Å². The number of aryl methyl sites for hydroxylation is 1. The van der Waals surface area contributed by atoms with Gasteiger partial charge >= 0.3 is 0 Å². The first-order valence-corrected chi connectivity index (χ1v) is 9.14. The van der Waals surface area contributed by atoms with Crippen molar-refractivity contribution in [3.8, 4) is 0 Å². The number of sulfonamides is 1. The molecule has 0 radical (unpaired) electrons. The molecule has 1 aromatic carbocycles. The summed E-state index contributed by atoms with van der Waals surface area (Å²) in [7, 11) is -3.71. The molecule has 140 valence electrons. The average molecular weight is 423 g/mol. The van der Waals surface area contributed by atoms with Crippen LogP contribution in [-0.2, 0) is 10.0 Å². The molecular formula is C14H23Cl3FN3O2S. The van der Waals surface area contributed by atoms with Gasteiger partial charge in [0.1, 0.15) is 10.7 Å². The molecule has 24 heavy (non-hydrogen) atoms. The lowest BCUT2D eigenvalue weighted by Gasteiger charge is -2.27. The Hall–Kier alpha value is -0.150. The number of halogens is 4. The fourth-order valence-electron chi connectivity index (χ4n) is 2.36. The first-order valence-electron chi connectivity index (χ1n) is 7.28. The molecule has 0 saturated carbocycles. The van der Waals surface area contributed by atoms with E-state index >= 15 is 0 Å². The Labute approximate surface area is 160 Å². The first kappa shape index (κ1) is 23.9. The van der Waals surface area contributed by atoms with E-state index < -0.39 is 15.8 Å². The summed E-state index contributed by atoms with van der Waals surface area (Å²) >= 11 is 5.85. The minimum absolute atomic E-state index is 0. The van der Waals surface area contributed by atoms with Gasteiger partial charge in [0.2, 0.25) is 10.0 Å². The molecule has 0 aliphatic carbocycles. The van der Waals surface area contributed by atoms with Gasteiger partial charge in [-0.1, -0.05) is 11.6 Å². The van der Waals surface area contributed by atoms with E-state index in [9.17, 15) is 12.8 Å². The zero-order chi connectivity index (χ0) is 16.2. The number of hydrogen-bond donors (Lipinski definition) is 2. The molecule has 0 aromatic heterocycles. The monoisotopic (exact) mass is 421 g/mol. The van der Waals surface area contributed by atoms with E-state index in [-0.39, 0.29) is 40.3 Å². The fraction of sp³-hybridized carbons (Fsp3) is 0.571. The fourth-order valence-corrected chi connectivity index (χ4v) is 4.03. The molecule has 2 N–H and O–H groups in total. The summed E-state index contributed by atoms with van der Waals surface area (Å²) in [4.78, 5) is 2.22. The Morgan fingerprint density at radius 2 is 1.92 bits per heavy atom. The summed E-state index contributed by atoms with van der Waals surface area (Å²) in [6.07, 6.45) is 0.719. The normalized spacial score (nSPS) is 15.5. The Morgan fingerprint density at radius 1 is 1.29 bits per heavy atom. The summed E-state index contributed by atoms with van der Waals surface area (Å²) in [5, 5.41) is 3.17. The molecule has 2 rings (SSSR count). The second-order valence-corrected chi connectivity index (χ2v) is 7.52. The molecule has 0 bridgehead atoms. The van der Waals surface area contributed by atoms with E-state index in [0.717, 1.165) is 45.2 Å². The van der Waals surface area contributed by atoms with E-state index in [1.165, 1.54) is 13.0 Å². The van der Waals surface area contributed by atoms with E-state index in [0.29, 0.717) is 6.54 Å². The van der Waals surface area contributed by atoms with Crippen LogP contribution in [0.3, 0.4) is 0 Å². The topological polar surface area (TPSA) is 61.4 Å². The second-order valence-electron chi connectivity index (χ2n) is 5.37. The molecule has 1 fully saturated rings. The van der Waals surface area contributed by atoms with Crippen LogP contribution in [0.2, 0.25) is 5.02 Å². The number of piperazine rings is 1. The van der Waals surface area contributed by atoms with Crippen molar-refractivity contribution in [3.05, 3.63) is 28.5 Å². The van der Waals surface area contributed by atoms with Crippen LogP contribution in [0.25, 0.3) is 0 Å². The van der Waals surface area contributed by atoms with Gasteiger partial charge < -0.3 is 10.2 Å². The molecule has 0 atom stereocenters. The van der Waals surface area contributed by atoms with Crippen molar-refractivity contribution in [3.63, 3.8) is 0 Å². The summed E-state index contributed by atoms with van der Waals surface area (Å²) in [6, 6.07) is 2.29. The van der Waals surface area contributed by atoms with Crippen LogP contribution < -0.4 is 10.0 Å². The standard InChI is InChI=1S/C14H21ClFN3O2S.2ClH/c1-11-9-14(12(15)10-13(11)16)22(20,21)18-3-2-6-19-7-4-17-5-8-19;;/h9-10,17-18H,2-8H2,1H3;2*1H. The zero-order valence-corrected chi connectivity index (χ0v) is 16.6. The maximum Gasteiger partial charge on any atom is 0.242 e.